The summed E-state index contributed by atoms with van der Waals surface area (Å²) in [4.78, 5) is 25.4. The van der Waals surface area contributed by atoms with Crippen molar-refractivity contribution in [2.75, 3.05) is 19.7 Å². The molecule has 0 aliphatic heterocycles. The van der Waals surface area contributed by atoms with Gasteiger partial charge in [-0.3, -0.25) is 14.2 Å². The fourth-order valence-electron chi connectivity index (χ4n) is 2.83. The smallest absolute Gasteiger partial charge is 0.259 e. The molecule has 0 saturated heterocycles. The van der Waals surface area contributed by atoms with Crippen LogP contribution in [0.25, 0.3) is 0 Å². The molecular formula is C20H33N2O5P. The number of hydrogen-bond acceptors (Lipinski definition) is 5. The molecule has 28 heavy (non-hydrogen) atoms. The maximum atomic E-state index is 13.3. The quantitative estimate of drug-likeness (QED) is 0.514. The number of aliphatic hydroxyl groups excluding tert-OH is 1. The molecule has 0 fully saturated rings. The summed E-state index contributed by atoms with van der Waals surface area (Å²) in [6.45, 7) is 8.00. The van der Waals surface area contributed by atoms with Gasteiger partial charge < -0.3 is 19.8 Å². The van der Waals surface area contributed by atoms with E-state index in [9.17, 15) is 19.3 Å². The van der Waals surface area contributed by atoms with Crippen LogP contribution in [0.15, 0.2) is 30.3 Å². The molecule has 1 aromatic carbocycles. The van der Waals surface area contributed by atoms with Gasteiger partial charge in [0.05, 0.1) is 6.61 Å². The minimum atomic E-state index is -3.46. The predicted molar refractivity (Wildman–Crippen MR) is 111 cm³/mol. The van der Waals surface area contributed by atoms with Crippen LogP contribution in [0.4, 0.5) is 0 Å². The minimum Gasteiger partial charge on any atom is -0.383 e. The van der Waals surface area contributed by atoms with Gasteiger partial charge in [-0.25, -0.2) is 0 Å². The molecule has 7 nitrogen and oxygen atoms in total. The Hall–Kier alpha value is -1.69. The normalized spacial score (nSPS) is 14.4. The van der Waals surface area contributed by atoms with E-state index >= 15 is 0 Å². The van der Waals surface area contributed by atoms with E-state index in [1.165, 1.54) is 0 Å². The molecule has 8 heteroatoms. The van der Waals surface area contributed by atoms with Crippen LogP contribution in [-0.2, 0) is 18.7 Å². The van der Waals surface area contributed by atoms with Crippen molar-refractivity contribution in [2.24, 2.45) is 0 Å². The summed E-state index contributed by atoms with van der Waals surface area (Å²) in [6.07, 6.45) is 0.694. The molecule has 1 rings (SSSR count). The van der Waals surface area contributed by atoms with Crippen LogP contribution in [-0.4, -0.2) is 53.4 Å². The lowest BCUT2D eigenvalue weighted by Crippen LogP contribution is -2.40. The molecule has 2 N–H and O–H groups in total. The van der Waals surface area contributed by atoms with Gasteiger partial charge >= 0.3 is 0 Å². The van der Waals surface area contributed by atoms with E-state index < -0.39 is 13.2 Å². The monoisotopic (exact) mass is 412 g/mol. The first-order valence-corrected chi connectivity index (χ1v) is 11.5. The summed E-state index contributed by atoms with van der Waals surface area (Å²) in [6, 6.07) is 8.60. The summed E-state index contributed by atoms with van der Waals surface area (Å²) in [5.41, 5.74) is 0. The predicted octanol–water partition coefficient (Wildman–Crippen LogP) is 2.49. The van der Waals surface area contributed by atoms with Gasteiger partial charge in [-0.15, -0.1) is 0 Å². The van der Waals surface area contributed by atoms with Crippen molar-refractivity contribution in [2.45, 2.75) is 58.8 Å². The summed E-state index contributed by atoms with van der Waals surface area (Å²) < 4.78 is 18.8. The molecule has 1 aromatic rings. The Balaban J connectivity index is 2.76. The Morgan fingerprint density at radius 3 is 2.39 bits per heavy atom. The number of carbonyl (C=O) groups excluding carboxylic acids is 2. The molecule has 2 atom stereocenters. The summed E-state index contributed by atoms with van der Waals surface area (Å²) in [5, 5.41) is 13.8. The third-order valence-corrected chi connectivity index (χ3v) is 7.09. The number of aliphatic hydroxyl groups is 1. The molecule has 0 heterocycles. The lowest BCUT2D eigenvalue weighted by Gasteiger charge is -2.30. The van der Waals surface area contributed by atoms with Crippen molar-refractivity contribution in [3.05, 3.63) is 30.3 Å². The zero-order valence-electron chi connectivity index (χ0n) is 17.3. The molecule has 0 aliphatic carbocycles. The third-order valence-electron chi connectivity index (χ3n) is 4.38. The maximum Gasteiger partial charge on any atom is 0.259 e. The molecule has 0 aliphatic rings. The Labute approximate surface area is 167 Å². The zero-order chi connectivity index (χ0) is 21.2. The van der Waals surface area contributed by atoms with Crippen LogP contribution in [0.1, 0.15) is 47.0 Å². The van der Waals surface area contributed by atoms with Crippen molar-refractivity contribution in [3.8, 4) is 0 Å². The van der Waals surface area contributed by atoms with E-state index in [0.717, 1.165) is 0 Å². The second-order valence-electron chi connectivity index (χ2n) is 6.75. The first-order chi connectivity index (χ1) is 13.3. The topological polar surface area (TPSA) is 95.9 Å². The fourth-order valence-corrected chi connectivity index (χ4v) is 4.93. The summed E-state index contributed by atoms with van der Waals surface area (Å²) >= 11 is 0. The van der Waals surface area contributed by atoms with Crippen molar-refractivity contribution < 1.29 is 23.8 Å². The van der Waals surface area contributed by atoms with Gasteiger partial charge in [0.25, 0.3) is 7.37 Å². The van der Waals surface area contributed by atoms with Gasteiger partial charge in [0.15, 0.2) is 0 Å². The van der Waals surface area contributed by atoms with E-state index in [0.29, 0.717) is 11.7 Å². The number of benzene rings is 1. The van der Waals surface area contributed by atoms with E-state index in [4.69, 9.17) is 4.52 Å². The number of rotatable bonds is 12. The summed E-state index contributed by atoms with van der Waals surface area (Å²) in [5.74, 6) is -1.42. The molecule has 2 unspecified atom stereocenters. The lowest BCUT2D eigenvalue weighted by molar-refractivity contribution is -0.133. The highest BCUT2D eigenvalue weighted by molar-refractivity contribution is 7.67. The largest absolute Gasteiger partial charge is 0.383 e. The number of amides is 2. The molecular weight excluding hydrogens is 379 g/mol. The SMILES string of the molecule is CCOP(=O)(c1ccccc1)C(O)CCN(C(=O)CCNC(=O)CC)C(C)C. The average molecular weight is 412 g/mol. The van der Waals surface area contributed by atoms with E-state index in [1.807, 2.05) is 19.9 Å². The van der Waals surface area contributed by atoms with Crippen LogP contribution in [0.5, 0.6) is 0 Å². The van der Waals surface area contributed by atoms with Crippen LogP contribution in [0.3, 0.4) is 0 Å². The number of nitrogens with zero attached hydrogens (tertiary/aromatic N) is 1. The van der Waals surface area contributed by atoms with Gasteiger partial charge in [0.2, 0.25) is 11.8 Å². The Bertz CT molecular complexity index is 666. The van der Waals surface area contributed by atoms with Crippen LogP contribution in [0, 0.1) is 0 Å². The van der Waals surface area contributed by atoms with Gasteiger partial charge in [0.1, 0.15) is 5.85 Å². The first kappa shape index (κ1) is 24.3. The minimum absolute atomic E-state index is 0.0789. The van der Waals surface area contributed by atoms with Crippen LogP contribution >= 0.6 is 7.37 Å². The standard InChI is InChI=1S/C20H33N2O5P/c1-5-18(23)21-14-12-19(24)22(16(3)4)15-13-20(25)28(26,27-6-2)17-10-8-7-9-11-17/h7-11,16,20,25H,5-6,12-15H2,1-4H3,(H,21,23). The molecule has 0 bridgehead atoms. The number of nitrogens with one attached hydrogen (secondary N) is 1. The molecule has 0 aromatic heterocycles. The molecule has 0 spiro atoms. The lowest BCUT2D eigenvalue weighted by atomic mass is 10.2. The van der Waals surface area contributed by atoms with Gasteiger partial charge in [0, 0.05) is 43.7 Å². The Kier molecular flexibility index (Phi) is 10.4. The number of carbonyl (C=O) groups is 2. The van der Waals surface area contributed by atoms with Crippen molar-refractivity contribution in [1.82, 2.24) is 10.2 Å². The first-order valence-electron chi connectivity index (χ1n) is 9.80. The molecule has 0 radical (unpaired) electrons. The van der Waals surface area contributed by atoms with E-state index in [-0.39, 0.29) is 50.4 Å². The van der Waals surface area contributed by atoms with Gasteiger partial charge in [-0.2, -0.15) is 0 Å². The van der Waals surface area contributed by atoms with Gasteiger partial charge in [-0.1, -0.05) is 25.1 Å². The highest BCUT2D eigenvalue weighted by atomic mass is 31.2. The highest BCUT2D eigenvalue weighted by Gasteiger charge is 2.35. The third kappa shape index (κ3) is 7.04. The molecule has 158 valence electrons. The van der Waals surface area contributed by atoms with E-state index in [2.05, 4.69) is 5.32 Å². The van der Waals surface area contributed by atoms with Crippen LogP contribution in [0.2, 0.25) is 0 Å². The van der Waals surface area contributed by atoms with E-state index in [1.54, 1.807) is 43.0 Å². The zero-order valence-corrected chi connectivity index (χ0v) is 18.2. The molecule has 2 amide bonds. The number of hydrogen-bond donors (Lipinski definition) is 2. The fraction of sp³-hybridized carbons (Fsp3) is 0.600. The van der Waals surface area contributed by atoms with Crippen molar-refractivity contribution in [3.63, 3.8) is 0 Å². The van der Waals surface area contributed by atoms with Crippen molar-refractivity contribution in [1.29, 1.82) is 0 Å². The second-order valence-corrected chi connectivity index (χ2v) is 9.32. The second kappa shape index (κ2) is 12.0. The van der Waals surface area contributed by atoms with Crippen molar-refractivity contribution >= 4 is 24.5 Å². The van der Waals surface area contributed by atoms with Crippen LogP contribution < -0.4 is 10.6 Å². The van der Waals surface area contributed by atoms with Gasteiger partial charge in [-0.05, 0) is 32.9 Å². The Morgan fingerprint density at radius 2 is 1.86 bits per heavy atom. The average Bonchev–Trinajstić information content (AvgIpc) is 2.68. The highest BCUT2D eigenvalue weighted by Crippen LogP contribution is 2.50. The molecule has 0 saturated carbocycles. The maximum absolute atomic E-state index is 13.3. The summed E-state index contributed by atoms with van der Waals surface area (Å²) in [7, 11) is -3.46. The Morgan fingerprint density at radius 1 is 1.21 bits per heavy atom.